The van der Waals surface area contributed by atoms with Crippen LogP contribution in [0.2, 0.25) is 0 Å². The molecule has 2 aromatic carbocycles. The number of amides is 3. The Morgan fingerprint density at radius 1 is 1.08 bits per heavy atom. The second kappa shape index (κ2) is 12.9. The summed E-state index contributed by atoms with van der Waals surface area (Å²) >= 11 is 0. The molecule has 3 aromatic rings. The van der Waals surface area contributed by atoms with Crippen molar-refractivity contribution in [1.29, 1.82) is 0 Å². The van der Waals surface area contributed by atoms with E-state index in [2.05, 4.69) is 29.6 Å². The number of carbonyl (C=O) groups excluding carboxylic acids is 3. The highest BCUT2D eigenvalue weighted by atomic mass is 16.5. The van der Waals surface area contributed by atoms with Crippen molar-refractivity contribution in [2.45, 2.75) is 70.1 Å². The lowest BCUT2D eigenvalue weighted by atomic mass is 10.0. The summed E-state index contributed by atoms with van der Waals surface area (Å²) in [6.07, 6.45) is 5.01. The van der Waals surface area contributed by atoms with Crippen molar-refractivity contribution in [2.24, 2.45) is 18.5 Å². The molecule has 2 heterocycles. The van der Waals surface area contributed by atoms with Crippen LogP contribution in [0.25, 0.3) is 11.0 Å². The van der Waals surface area contributed by atoms with Gasteiger partial charge in [0.15, 0.2) is 0 Å². The fraction of sp³-hybridized carbons (Fsp3) is 0.448. The first-order valence-corrected chi connectivity index (χ1v) is 13.5. The van der Waals surface area contributed by atoms with Crippen molar-refractivity contribution in [3.05, 3.63) is 69.6 Å². The van der Waals surface area contributed by atoms with E-state index in [1.807, 2.05) is 18.2 Å². The zero-order valence-electron chi connectivity index (χ0n) is 22.4. The average molecular weight is 536 g/mol. The Morgan fingerprint density at radius 3 is 2.51 bits per heavy atom. The molecular formula is C29H37N5O5. The van der Waals surface area contributed by atoms with Crippen LogP contribution in [-0.2, 0) is 45.6 Å². The zero-order valence-corrected chi connectivity index (χ0v) is 22.4. The molecule has 2 atom stereocenters. The first-order chi connectivity index (χ1) is 18.7. The largest absolute Gasteiger partial charge is 0.375 e. The second-order valence-electron chi connectivity index (χ2n) is 10.3. The number of primary amides is 1. The van der Waals surface area contributed by atoms with Crippen LogP contribution in [0.5, 0.6) is 0 Å². The number of nitrogens with zero attached hydrogens (tertiary/aromatic N) is 2. The van der Waals surface area contributed by atoms with Crippen LogP contribution < -0.4 is 22.5 Å². The summed E-state index contributed by atoms with van der Waals surface area (Å²) in [5.74, 6) is -1.08. The van der Waals surface area contributed by atoms with Gasteiger partial charge in [-0.2, -0.15) is 0 Å². The number of aromatic nitrogens is 2. The van der Waals surface area contributed by atoms with Gasteiger partial charge in [0.25, 0.3) is 0 Å². The molecule has 1 aromatic heterocycles. The maximum atomic E-state index is 13.1. The number of nitrogens with two attached hydrogens (primary N) is 2. The van der Waals surface area contributed by atoms with Gasteiger partial charge in [0.1, 0.15) is 6.04 Å². The van der Waals surface area contributed by atoms with E-state index in [1.54, 1.807) is 11.6 Å². The van der Waals surface area contributed by atoms with E-state index >= 15 is 0 Å². The van der Waals surface area contributed by atoms with Crippen molar-refractivity contribution in [2.75, 3.05) is 6.61 Å². The van der Waals surface area contributed by atoms with Gasteiger partial charge >= 0.3 is 5.69 Å². The summed E-state index contributed by atoms with van der Waals surface area (Å²) < 4.78 is 8.80. The maximum Gasteiger partial charge on any atom is 0.329 e. The van der Waals surface area contributed by atoms with E-state index in [0.29, 0.717) is 26.1 Å². The number of rotatable bonds is 13. The Labute approximate surface area is 227 Å². The lowest BCUT2D eigenvalue weighted by molar-refractivity contribution is -0.135. The van der Waals surface area contributed by atoms with Crippen molar-refractivity contribution in [3.63, 3.8) is 0 Å². The number of benzene rings is 2. The molecule has 3 amide bonds. The first-order valence-electron chi connectivity index (χ1n) is 13.5. The van der Waals surface area contributed by atoms with Gasteiger partial charge in [0, 0.05) is 25.9 Å². The first kappa shape index (κ1) is 28.3. The van der Waals surface area contributed by atoms with Gasteiger partial charge in [0.2, 0.25) is 17.7 Å². The molecule has 1 saturated heterocycles. The molecule has 5 N–H and O–H groups in total. The van der Waals surface area contributed by atoms with Crippen molar-refractivity contribution in [3.8, 4) is 0 Å². The minimum absolute atomic E-state index is 0.207. The van der Waals surface area contributed by atoms with Gasteiger partial charge in [-0.1, -0.05) is 36.4 Å². The topological polar surface area (TPSA) is 151 Å². The molecule has 4 rings (SSSR count). The Hall–Kier alpha value is -3.76. The third-order valence-electron chi connectivity index (χ3n) is 7.25. The van der Waals surface area contributed by atoms with Crippen LogP contribution in [0.4, 0.5) is 0 Å². The highest BCUT2D eigenvalue weighted by Gasteiger charge is 2.31. The third-order valence-corrected chi connectivity index (χ3v) is 7.25. The zero-order chi connectivity index (χ0) is 27.9. The van der Waals surface area contributed by atoms with Crippen LogP contribution in [-0.4, -0.2) is 39.5 Å². The smallest absolute Gasteiger partial charge is 0.329 e. The molecule has 0 saturated carbocycles. The van der Waals surface area contributed by atoms with Crippen LogP contribution in [0.1, 0.15) is 61.3 Å². The van der Waals surface area contributed by atoms with E-state index in [1.165, 1.54) is 10.1 Å². The number of unbranched alkanes of at least 4 members (excludes halogenated alkanes) is 1. The van der Waals surface area contributed by atoms with E-state index < -0.39 is 11.9 Å². The third kappa shape index (κ3) is 7.01. The predicted octanol–water partition coefficient (Wildman–Crippen LogP) is 1.99. The molecule has 0 aliphatic carbocycles. The molecule has 39 heavy (non-hydrogen) atoms. The second-order valence-corrected chi connectivity index (χ2v) is 10.3. The van der Waals surface area contributed by atoms with Crippen LogP contribution in [0.3, 0.4) is 0 Å². The molecule has 1 aliphatic heterocycles. The minimum Gasteiger partial charge on any atom is -0.375 e. The number of imide groups is 1. The monoisotopic (exact) mass is 535 g/mol. The number of piperidine rings is 1. The maximum absolute atomic E-state index is 13.1. The van der Waals surface area contributed by atoms with Crippen molar-refractivity contribution < 1.29 is 19.1 Å². The van der Waals surface area contributed by atoms with E-state index in [-0.39, 0.29) is 36.4 Å². The standard InChI is InChI=1S/C29H37N5O5/c1-33-27-21(7-4-8-23(27)34(29(33)38)24-14-16-26(36)32-28(24)37)6-3-2-5-19-9-11-20(12-10-19)17-39-18-22(30)13-15-25(31)35/h4,7-12,22,24H,2-3,5-6,13-18,30H2,1H3,(H2,31,35)(H,32,36,37)/t22-,24?/m0/s1. The molecule has 208 valence electrons. The van der Waals surface area contributed by atoms with Crippen LogP contribution in [0, 0.1) is 0 Å². The highest BCUT2D eigenvalue weighted by Crippen LogP contribution is 2.26. The van der Waals surface area contributed by atoms with Crippen molar-refractivity contribution >= 4 is 28.8 Å². The predicted molar refractivity (Wildman–Crippen MR) is 148 cm³/mol. The number of carbonyl (C=O) groups is 3. The van der Waals surface area contributed by atoms with Gasteiger partial charge in [0.05, 0.1) is 24.2 Å². The molecule has 1 unspecified atom stereocenters. The van der Waals surface area contributed by atoms with Crippen LogP contribution in [0.15, 0.2) is 47.3 Å². The Morgan fingerprint density at radius 2 is 1.79 bits per heavy atom. The molecule has 0 bridgehead atoms. The fourth-order valence-corrected chi connectivity index (χ4v) is 5.14. The normalized spacial score (nSPS) is 16.4. The SMILES string of the molecule is Cn1c(=O)n(C2CCC(=O)NC2=O)c2cccc(CCCCc3ccc(COC[C@@H](N)CCC(N)=O)cc3)c21. The molecule has 10 nitrogen and oxygen atoms in total. The van der Waals surface area contributed by atoms with Gasteiger partial charge in [-0.25, -0.2) is 4.79 Å². The Bertz CT molecular complexity index is 1390. The Kier molecular flexibility index (Phi) is 9.32. The number of hydrogen-bond donors (Lipinski definition) is 3. The molecule has 10 heteroatoms. The average Bonchev–Trinajstić information content (AvgIpc) is 3.16. The fourth-order valence-electron chi connectivity index (χ4n) is 5.14. The quantitative estimate of drug-likeness (QED) is 0.225. The van der Waals surface area contributed by atoms with Gasteiger partial charge < -0.3 is 16.2 Å². The summed E-state index contributed by atoms with van der Waals surface area (Å²) in [6, 6.07) is 13.3. The molecule has 1 aliphatic rings. The van der Waals surface area contributed by atoms with E-state index in [0.717, 1.165) is 47.8 Å². The summed E-state index contributed by atoms with van der Waals surface area (Å²) in [5.41, 5.74) is 15.8. The number of nitrogens with one attached hydrogen (secondary N) is 1. The van der Waals surface area contributed by atoms with Crippen LogP contribution >= 0.6 is 0 Å². The number of para-hydroxylation sites is 1. The van der Waals surface area contributed by atoms with Gasteiger partial charge in [-0.3, -0.25) is 28.8 Å². The van der Waals surface area contributed by atoms with Crippen molar-refractivity contribution in [1.82, 2.24) is 14.5 Å². The summed E-state index contributed by atoms with van der Waals surface area (Å²) in [4.78, 5) is 48.0. The van der Waals surface area contributed by atoms with Gasteiger partial charge in [-0.05, 0) is 61.3 Å². The number of hydrogen-bond acceptors (Lipinski definition) is 6. The summed E-state index contributed by atoms with van der Waals surface area (Å²) in [5, 5.41) is 2.35. The molecule has 1 fully saturated rings. The lowest BCUT2D eigenvalue weighted by Crippen LogP contribution is -2.44. The van der Waals surface area contributed by atoms with Gasteiger partial charge in [-0.15, -0.1) is 0 Å². The van der Waals surface area contributed by atoms with E-state index in [9.17, 15) is 19.2 Å². The highest BCUT2D eigenvalue weighted by molar-refractivity contribution is 6.00. The molecule has 0 spiro atoms. The van der Waals surface area contributed by atoms with E-state index in [4.69, 9.17) is 16.2 Å². The Balaban J connectivity index is 1.30. The summed E-state index contributed by atoms with van der Waals surface area (Å²) in [6.45, 7) is 0.843. The number of ether oxygens (including phenoxy) is 1. The number of aryl methyl sites for hydroxylation is 3. The molecule has 0 radical (unpaired) electrons. The summed E-state index contributed by atoms with van der Waals surface area (Å²) in [7, 11) is 1.73. The lowest BCUT2D eigenvalue weighted by Gasteiger charge is -2.21. The number of imidazole rings is 1. The molecular weight excluding hydrogens is 498 g/mol. The number of fused-ring (bicyclic) bond motifs is 1. The minimum atomic E-state index is -0.680.